The molecule has 1 aromatic heterocycles. The minimum Gasteiger partial charge on any atom is -0.355 e. The van der Waals surface area contributed by atoms with Crippen molar-refractivity contribution >= 4 is 22.3 Å². The lowest BCUT2D eigenvalue weighted by Crippen LogP contribution is -1.95. The van der Waals surface area contributed by atoms with E-state index in [-0.39, 0.29) is 0 Å². The van der Waals surface area contributed by atoms with Crippen LogP contribution in [0, 0.1) is 18.6 Å². The van der Waals surface area contributed by atoms with Gasteiger partial charge in [0.15, 0.2) is 0 Å². The molecule has 0 aliphatic rings. The molecule has 3 aromatic rings. The molecule has 0 fully saturated rings. The van der Waals surface area contributed by atoms with E-state index in [1.165, 1.54) is 12.1 Å². The summed E-state index contributed by atoms with van der Waals surface area (Å²) in [6, 6.07) is 11.0. The second-order valence-electron chi connectivity index (χ2n) is 4.61. The predicted octanol–water partition coefficient (Wildman–Crippen LogP) is 4.57. The van der Waals surface area contributed by atoms with E-state index in [2.05, 4.69) is 10.3 Å². The minimum absolute atomic E-state index is 0.373. The fourth-order valence-corrected chi connectivity index (χ4v) is 2.27. The first-order valence-electron chi connectivity index (χ1n) is 6.21. The predicted molar refractivity (Wildman–Crippen MR) is 76.1 cm³/mol. The van der Waals surface area contributed by atoms with E-state index in [1.54, 1.807) is 12.3 Å². The van der Waals surface area contributed by atoms with Gasteiger partial charge in [0.05, 0.1) is 5.52 Å². The maximum Gasteiger partial charge on any atom is 0.128 e. The van der Waals surface area contributed by atoms with E-state index in [4.69, 9.17) is 0 Å². The Morgan fingerprint density at radius 2 is 1.75 bits per heavy atom. The summed E-state index contributed by atoms with van der Waals surface area (Å²) in [5, 5.41) is 3.99. The number of benzene rings is 2. The van der Waals surface area contributed by atoms with Crippen LogP contribution in [0.25, 0.3) is 10.9 Å². The summed E-state index contributed by atoms with van der Waals surface area (Å²) in [7, 11) is 0. The summed E-state index contributed by atoms with van der Waals surface area (Å²) in [5.74, 6) is -1.22. The second-order valence-corrected chi connectivity index (χ2v) is 4.61. The SMILES string of the molecule is Cc1cccc2nccc(Nc3cc(F)cc(F)c3)c12. The number of hydrogen-bond acceptors (Lipinski definition) is 2. The molecule has 3 rings (SSSR count). The van der Waals surface area contributed by atoms with Gasteiger partial charge in [0.25, 0.3) is 0 Å². The molecule has 100 valence electrons. The Labute approximate surface area is 115 Å². The molecule has 20 heavy (non-hydrogen) atoms. The molecular weight excluding hydrogens is 258 g/mol. The van der Waals surface area contributed by atoms with Gasteiger partial charge in [0.1, 0.15) is 11.6 Å². The normalized spacial score (nSPS) is 10.8. The molecule has 0 radical (unpaired) electrons. The van der Waals surface area contributed by atoms with Crippen molar-refractivity contribution in [3.05, 3.63) is 65.9 Å². The van der Waals surface area contributed by atoms with Crippen LogP contribution in [0.3, 0.4) is 0 Å². The van der Waals surface area contributed by atoms with E-state index in [1.807, 2.05) is 25.1 Å². The van der Waals surface area contributed by atoms with Crippen molar-refractivity contribution in [3.63, 3.8) is 0 Å². The molecule has 0 atom stereocenters. The lowest BCUT2D eigenvalue weighted by atomic mass is 10.1. The van der Waals surface area contributed by atoms with Crippen LogP contribution in [-0.4, -0.2) is 4.98 Å². The van der Waals surface area contributed by atoms with Crippen LogP contribution < -0.4 is 5.32 Å². The van der Waals surface area contributed by atoms with Gasteiger partial charge in [-0.1, -0.05) is 12.1 Å². The van der Waals surface area contributed by atoms with Gasteiger partial charge in [0, 0.05) is 29.0 Å². The zero-order valence-electron chi connectivity index (χ0n) is 10.8. The van der Waals surface area contributed by atoms with Crippen LogP contribution in [0.15, 0.2) is 48.7 Å². The molecule has 4 heteroatoms. The van der Waals surface area contributed by atoms with Crippen molar-refractivity contribution in [2.24, 2.45) is 0 Å². The van der Waals surface area contributed by atoms with Crippen LogP contribution in [0.4, 0.5) is 20.2 Å². The third kappa shape index (κ3) is 2.32. The second kappa shape index (κ2) is 4.89. The zero-order chi connectivity index (χ0) is 14.1. The molecule has 0 saturated carbocycles. The van der Waals surface area contributed by atoms with E-state index in [9.17, 15) is 8.78 Å². The summed E-state index contributed by atoms with van der Waals surface area (Å²) in [4.78, 5) is 4.29. The molecule has 0 aliphatic carbocycles. The molecule has 1 heterocycles. The van der Waals surface area contributed by atoms with Crippen LogP contribution in [0.5, 0.6) is 0 Å². The van der Waals surface area contributed by atoms with Crippen molar-refractivity contribution in [3.8, 4) is 0 Å². The van der Waals surface area contributed by atoms with Gasteiger partial charge in [-0.05, 0) is 36.8 Å². The summed E-state index contributed by atoms with van der Waals surface area (Å²) in [5.41, 5.74) is 3.04. The molecule has 0 spiro atoms. The summed E-state index contributed by atoms with van der Waals surface area (Å²) < 4.78 is 26.5. The van der Waals surface area contributed by atoms with Crippen LogP contribution in [0.1, 0.15) is 5.56 Å². The van der Waals surface area contributed by atoms with Crippen molar-refractivity contribution < 1.29 is 8.78 Å². The zero-order valence-corrected chi connectivity index (χ0v) is 10.8. The van der Waals surface area contributed by atoms with Crippen LogP contribution in [0.2, 0.25) is 0 Å². The highest BCUT2D eigenvalue weighted by atomic mass is 19.1. The monoisotopic (exact) mass is 270 g/mol. The fourth-order valence-electron chi connectivity index (χ4n) is 2.27. The van der Waals surface area contributed by atoms with Gasteiger partial charge in [-0.3, -0.25) is 4.98 Å². The van der Waals surface area contributed by atoms with Gasteiger partial charge in [-0.15, -0.1) is 0 Å². The number of hydrogen-bond donors (Lipinski definition) is 1. The number of pyridine rings is 1. The van der Waals surface area contributed by atoms with Crippen molar-refractivity contribution in [2.45, 2.75) is 6.92 Å². The highest BCUT2D eigenvalue weighted by molar-refractivity contribution is 5.95. The van der Waals surface area contributed by atoms with E-state index < -0.39 is 11.6 Å². The highest BCUT2D eigenvalue weighted by Gasteiger charge is 2.06. The number of aryl methyl sites for hydroxylation is 1. The maximum absolute atomic E-state index is 13.2. The molecule has 2 aromatic carbocycles. The number of anilines is 2. The smallest absolute Gasteiger partial charge is 0.128 e. The minimum atomic E-state index is -0.609. The lowest BCUT2D eigenvalue weighted by molar-refractivity contribution is 0.584. The Morgan fingerprint density at radius 1 is 1.00 bits per heavy atom. The number of fused-ring (bicyclic) bond motifs is 1. The number of nitrogens with one attached hydrogen (secondary N) is 1. The van der Waals surface area contributed by atoms with Crippen LogP contribution in [-0.2, 0) is 0 Å². The third-order valence-electron chi connectivity index (χ3n) is 3.12. The molecule has 0 saturated heterocycles. The maximum atomic E-state index is 13.2. The molecular formula is C16H12F2N2. The third-order valence-corrected chi connectivity index (χ3v) is 3.12. The first kappa shape index (κ1) is 12.5. The number of nitrogens with zero attached hydrogens (tertiary/aromatic N) is 1. The van der Waals surface area contributed by atoms with Crippen molar-refractivity contribution in [2.75, 3.05) is 5.32 Å². The highest BCUT2D eigenvalue weighted by Crippen LogP contribution is 2.28. The topological polar surface area (TPSA) is 24.9 Å². The Morgan fingerprint density at radius 3 is 2.50 bits per heavy atom. The van der Waals surface area contributed by atoms with Gasteiger partial charge < -0.3 is 5.32 Å². The van der Waals surface area contributed by atoms with Crippen molar-refractivity contribution in [1.29, 1.82) is 0 Å². The number of rotatable bonds is 2. The summed E-state index contributed by atoms with van der Waals surface area (Å²) in [6.45, 7) is 1.97. The summed E-state index contributed by atoms with van der Waals surface area (Å²) in [6.07, 6.45) is 1.67. The summed E-state index contributed by atoms with van der Waals surface area (Å²) >= 11 is 0. The van der Waals surface area contributed by atoms with Gasteiger partial charge >= 0.3 is 0 Å². The average Bonchev–Trinajstić information content (AvgIpc) is 2.38. The Bertz CT molecular complexity index is 759. The van der Waals surface area contributed by atoms with Gasteiger partial charge in [-0.2, -0.15) is 0 Å². The molecule has 2 nitrogen and oxygen atoms in total. The van der Waals surface area contributed by atoms with Gasteiger partial charge in [0.2, 0.25) is 0 Å². The molecule has 0 amide bonds. The molecule has 0 unspecified atom stereocenters. The quantitative estimate of drug-likeness (QED) is 0.738. The van der Waals surface area contributed by atoms with Gasteiger partial charge in [-0.25, -0.2) is 8.78 Å². The Hall–Kier alpha value is -2.49. The number of aromatic nitrogens is 1. The molecule has 0 bridgehead atoms. The van der Waals surface area contributed by atoms with Crippen molar-refractivity contribution in [1.82, 2.24) is 4.98 Å². The number of halogens is 2. The van der Waals surface area contributed by atoms with E-state index >= 15 is 0 Å². The molecule has 1 N–H and O–H groups in total. The lowest BCUT2D eigenvalue weighted by Gasteiger charge is -2.11. The Balaban J connectivity index is 2.11. The van der Waals surface area contributed by atoms with E-state index in [0.29, 0.717) is 5.69 Å². The van der Waals surface area contributed by atoms with Crippen LogP contribution >= 0.6 is 0 Å². The standard InChI is InChI=1S/C16H12F2N2/c1-10-3-2-4-14-16(10)15(5-6-19-14)20-13-8-11(17)7-12(18)9-13/h2-9H,1H3,(H,19,20). The molecule has 0 aliphatic heterocycles. The average molecular weight is 270 g/mol. The fraction of sp³-hybridized carbons (Fsp3) is 0.0625. The largest absolute Gasteiger partial charge is 0.355 e. The first-order valence-corrected chi connectivity index (χ1v) is 6.21. The first-order chi connectivity index (χ1) is 9.63. The Kier molecular flexibility index (Phi) is 3.06. The van der Waals surface area contributed by atoms with E-state index in [0.717, 1.165) is 28.2 Å².